The van der Waals surface area contributed by atoms with Gasteiger partial charge in [0.1, 0.15) is 0 Å². The van der Waals surface area contributed by atoms with E-state index in [9.17, 15) is 4.79 Å². The summed E-state index contributed by atoms with van der Waals surface area (Å²) in [5.74, 6) is 0.406. The fraction of sp³-hybridized carbons (Fsp3) is 0.889. The topological polar surface area (TPSA) is 81.6 Å². The molecule has 6 heteroatoms. The van der Waals surface area contributed by atoms with Crippen molar-refractivity contribution in [2.45, 2.75) is 32.1 Å². The molecule has 1 rings (SSSR count). The van der Waals surface area contributed by atoms with E-state index >= 15 is 0 Å². The van der Waals surface area contributed by atoms with E-state index in [0.29, 0.717) is 12.2 Å². The van der Waals surface area contributed by atoms with Crippen molar-refractivity contribution in [3.63, 3.8) is 0 Å². The van der Waals surface area contributed by atoms with Crippen LogP contribution in [-0.4, -0.2) is 42.2 Å². The normalized spacial score (nSPS) is 25.3. The highest BCUT2D eigenvalue weighted by Crippen LogP contribution is 2.17. The van der Waals surface area contributed by atoms with Gasteiger partial charge in [-0.2, -0.15) is 0 Å². The minimum atomic E-state index is -1.21. The SMILES string of the molecule is CC(=O)N[C@H]1CNC[C@@H]1CCCB(O)O. The molecule has 0 aromatic carbocycles. The van der Waals surface area contributed by atoms with Gasteiger partial charge < -0.3 is 20.7 Å². The van der Waals surface area contributed by atoms with E-state index in [1.54, 1.807) is 0 Å². The molecule has 1 aliphatic rings. The first-order valence-electron chi connectivity index (χ1n) is 5.43. The van der Waals surface area contributed by atoms with E-state index in [1.807, 2.05) is 0 Å². The highest BCUT2D eigenvalue weighted by Gasteiger charge is 2.27. The summed E-state index contributed by atoms with van der Waals surface area (Å²) in [6, 6.07) is 0.193. The first-order valence-corrected chi connectivity index (χ1v) is 5.43. The van der Waals surface area contributed by atoms with Crippen molar-refractivity contribution in [2.75, 3.05) is 13.1 Å². The summed E-state index contributed by atoms with van der Waals surface area (Å²) in [6.07, 6.45) is 2.10. The van der Waals surface area contributed by atoms with E-state index in [2.05, 4.69) is 10.6 Å². The fourth-order valence-electron chi connectivity index (χ4n) is 2.03. The second-order valence-electron chi connectivity index (χ2n) is 4.14. The van der Waals surface area contributed by atoms with Crippen molar-refractivity contribution in [1.82, 2.24) is 10.6 Å². The molecule has 0 unspecified atom stereocenters. The number of hydrogen-bond acceptors (Lipinski definition) is 4. The molecule has 1 amide bonds. The molecular weight excluding hydrogens is 195 g/mol. The van der Waals surface area contributed by atoms with Crippen molar-refractivity contribution in [2.24, 2.45) is 5.92 Å². The van der Waals surface area contributed by atoms with Crippen LogP contribution in [-0.2, 0) is 4.79 Å². The van der Waals surface area contributed by atoms with Gasteiger partial charge in [0.2, 0.25) is 5.91 Å². The summed E-state index contributed by atoms with van der Waals surface area (Å²) in [5.41, 5.74) is 0. The van der Waals surface area contributed by atoms with Crippen molar-refractivity contribution in [3.8, 4) is 0 Å². The van der Waals surface area contributed by atoms with Crippen LogP contribution in [0.3, 0.4) is 0 Å². The number of amides is 1. The lowest BCUT2D eigenvalue weighted by Crippen LogP contribution is -2.39. The fourth-order valence-corrected chi connectivity index (χ4v) is 2.03. The second kappa shape index (κ2) is 6.10. The Morgan fingerprint density at radius 1 is 1.53 bits per heavy atom. The molecule has 0 aliphatic carbocycles. The summed E-state index contributed by atoms with van der Waals surface area (Å²) in [6.45, 7) is 3.23. The number of carbonyl (C=O) groups excluding carboxylic acids is 1. The van der Waals surface area contributed by atoms with Crippen molar-refractivity contribution in [3.05, 3.63) is 0 Å². The lowest BCUT2D eigenvalue weighted by Gasteiger charge is -2.18. The monoisotopic (exact) mass is 214 g/mol. The molecule has 0 aromatic rings. The van der Waals surface area contributed by atoms with Gasteiger partial charge >= 0.3 is 7.12 Å². The Bertz CT molecular complexity index is 214. The Morgan fingerprint density at radius 3 is 2.87 bits per heavy atom. The quantitative estimate of drug-likeness (QED) is 0.441. The van der Waals surface area contributed by atoms with Crippen molar-refractivity contribution >= 4 is 13.0 Å². The molecule has 0 bridgehead atoms. The average molecular weight is 214 g/mol. The number of carbonyl (C=O) groups is 1. The predicted molar refractivity (Wildman–Crippen MR) is 58.2 cm³/mol. The Labute approximate surface area is 90.4 Å². The number of hydrogen-bond donors (Lipinski definition) is 4. The van der Waals surface area contributed by atoms with Crippen LogP contribution in [0, 0.1) is 5.92 Å². The molecule has 0 radical (unpaired) electrons. The van der Waals surface area contributed by atoms with E-state index in [4.69, 9.17) is 10.0 Å². The summed E-state index contributed by atoms with van der Waals surface area (Å²) in [4.78, 5) is 10.9. The molecule has 15 heavy (non-hydrogen) atoms. The molecule has 86 valence electrons. The smallest absolute Gasteiger partial charge is 0.427 e. The Morgan fingerprint density at radius 2 is 2.27 bits per heavy atom. The number of nitrogens with one attached hydrogen (secondary N) is 2. The number of rotatable bonds is 5. The molecule has 1 fully saturated rings. The van der Waals surface area contributed by atoms with Gasteiger partial charge in [-0.25, -0.2) is 0 Å². The minimum Gasteiger partial charge on any atom is -0.427 e. The van der Waals surface area contributed by atoms with Gasteiger partial charge in [-0.05, 0) is 18.7 Å². The molecule has 5 nitrogen and oxygen atoms in total. The van der Waals surface area contributed by atoms with Crippen LogP contribution >= 0.6 is 0 Å². The lowest BCUT2D eigenvalue weighted by atomic mass is 9.81. The van der Waals surface area contributed by atoms with E-state index in [-0.39, 0.29) is 11.9 Å². The second-order valence-corrected chi connectivity index (χ2v) is 4.14. The maximum absolute atomic E-state index is 10.9. The zero-order valence-corrected chi connectivity index (χ0v) is 9.07. The molecule has 0 saturated carbocycles. The zero-order valence-electron chi connectivity index (χ0n) is 9.07. The average Bonchev–Trinajstić information content (AvgIpc) is 2.51. The van der Waals surface area contributed by atoms with Crippen LogP contribution in [0.25, 0.3) is 0 Å². The Hall–Kier alpha value is -0.585. The van der Waals surface area contributed by atoms with Crippen molar-refractivity contribution in [1.29, 1.82) is 0 Å². The van der Waals surface area contributed by atoms with Gasteiger partial charge in [-0.1, -0.05) is 6.42 Å². The third kappa shape index (κ3) is 4.64. The standard InChI is InChI=1S/C9H19BN2O3/c1-7(13)12-9-6-11-5-8(9)3-2-4-10(14)15/h8-9,11,14-15H,2-6H2,1H3,(H,12,13)/t8-,9-/m0/s1. The van der Waals surface area contributed by atoms with Gasteiger partial charge in [0, 0.05) is 26.1 Å². The molecule has 1 heterocycles. The van der Waals surface area contributed by atoms with E-state index in [1.165, 1.54) is 6.92 Å². The van der Waals surface area contributed by atoms with E-state index < -0.39 is 7.12 Å². The summed E-state index contributed by atoms with van der Waals surface area (Å²) >= 11 is 0. The largest absolute Gasteiger partial charge is 0.451 e. The molecule has 0 aromatic heterocycles. The van der Waals surface area contributed by atoms with Gasteiger partial charge in [0.25, 0.3) is 0 Å². The van der Waals surface area contributed by atoms with Gasteiger partial charge in [0.05, 0.1) is 0 Å². The molecule has 4 N–H and O–H groups in total. The molecule has 2 atom stereocenters. The minimum absolute atomic E-state index is 0.00380. The molecule has 0 spiro atoms. The zero-order chi connectivity index (χ0) is 11.3. The van der Waals surface area contributed by atoms with Crippen LogP contribution < -0.4 is 10.6 Å². The molecule has 1 aliphatic heterocycles. The lowest BCUT2D eigenvalue weighted by molar-refractivity contribution is -0.119. The third-order valence-corrected chi connectivity index (χ3v) is 2.77. The summed E-state index contributed by atoms with van der Waals surface area (Å²) < 4.78 is 0. The molecular formula is C9H19BN2O3. The third-order valence-electron chi connectivity index (χ3n) is 2.77. The van der Waals surface area contributed by atoms with Gasteiger partial charge in [-0.15, -0.1) is 0 Å². The highest BCUT2D eigenvalue weighted by molar-refractivity contribution is 6.40. The predicted octanol–water partition coefficient (Wildman–Crippen LogP) is -1.04. The van der Waals surface area contributed by atoms with Crippen LogP contribution in [0.2, 0.25) is 6.32 Å². The van der Waals surface area contributed by atoms with Crippen LogP contribution in [0.4, 0.5) is 0 Å². The van der Waals surface area contributed by atoms with Gasteiger partial charge in [-0.3, -0.25) is 4.79 Å². The Balaban J connectivity index is 2.24. The van der Waals surface area contributed by atoms with E-state index in [0.717, 1.165) is 25.9 Å². The first kappa shape index (κ1) is 12.5. The maximum atomic E-state index is 10.9. The van der Waals surface area contributed by atoms with Gasteiger partial charge in [0.15, 0.2) is 0 Å². The van der Waals surface area contributed by atoms with Crippen LogP contribution in [0.15, 0.2) is 0 Å². The summed E-state index contributed by atoms with van der Waals surface area (Å²) in [7, 11) is -1.21. The summed E-state index contributed by atoms with van der Waals surface area (Å²) in [5, 5.41) is 23.5. The Kier molecular flexibility index (Phi) is 5.07. The van der Waals surface area contributed by atoms with Crippen LogP contribution in [0.1, 0.15) is 19.8 Å². The first-order chi connectivity index (χ1) is 7.09. The van der Waals surface area contributed by atoms with Crippen molar-refractivity contribution < 1.29 is 14.8 Å². The van der Waals surface area contributed by atoms with Crippen LogP contribution in [0.5, 0.6) is 0 Å². The molecule has 1 saturated heterocycles. The maximum Gasteiger partial charge on any atom is 0.451 e. The highest BCUT2D eigenvalue weighted by atomic mass is 16.4.